The smallest absolute Gasteiger partial charge is 0.407 e. The summed E-state index contributed by atoms with van der Waals surface area (Å²) in [6.45, 7) is 20.7. The summed E-state index contributed by atoms with van der Waals surface area (Å²) in [7, 11) is 3.94. The molecule has 356 valence electrons. The average Bonchev–Trinajstić information content (AvgIpc) is 3.57. The lowest BCUT2D eigenvalue weighted by atomic mass is 9.72. The van der Waals surface area contributed by atoms with Crippen LogP contribution in [0.2, 0.25) is 0 Å². The third kappa shape index (κ3) is 10.6. The average molecular weight is 879 g/mol. The molecule has 4 fully saturated rings. The number of nitrogens with one attached hydrogen (secondary N) is 1. The van der Waals surface area contributed by atoms with Crippen molar-refractivity contribution in [3.05, 3.63) is 12.2 Å². The molecule has 5 heterocycles. The molecule has 14 nitrogen and oxygen atoms in total. The third-order valence-corrected chi connectivity index (χ3v) is 15.7. The molecule has 18 atom stereocenters. The highest BCUT2D eigenvalue weighted by Gasteiger charge is 2.63. The van der Waals surface area contributed by atoms with Crippen LogP contribution in [0, 0.1) is 41.4 Å². The van der Waals surface area contributed by atoms with E-state index in [-0.39, 0.29) is 36.2 Å². The Bertz CT molecular complexity index is 1560. The summed E-state index contributed by atoms with van der Waals surface area (Å²) in [5.74, 6) is -6.09. The van der Waals surface area contributed by atoms with Crippen LogP contribution in [0.3, 0.4) is 0 Å². The highest BCUT2D eigenvalue weighted by molar-refractivity contribution is 5.84. The van der Waals surface area contributed by atoms with E-state index >= 15 is 0 Å². The van der Waals surface area contributed by atoms with Crippen molar-refractivity contribution in [2.75, 3.05) is 27.2 Å². The summed E-state index contributed by atoms with van der Waals surface area (Å²) >= 11 is 0. The fraction of sp³-hybridized carbons (Fsp3) is 0.896. The number of rotatable bonds is 17. The number of Topliss-reactive ketones (excluding diaryl/α,β-unsaturated/α-hetero) is 1. The fourth-order valence-corrected chi connectivity index (χ4v) is 11.4. The number of carboxylic acids is 1. The molecule has 4 saturated heterocycles. The minimum absolute atomic E-state index is 0.0270. The summed E-state index contributed by atoms with van der Waals surface area (Å²) in [5, 5.41) is 36.0. The van der Waals surface area contributed by atoms with E-state index in [4.69, 9.17) is 28.4 Å². The number of ether oxygens (including phenoxy) is 6. The van der Waals surface area contributed by atoms with Crippen LogP contribution in [0.25, 0.3) is 0 Å². The molecule has 0 saturated carbocycles. The number of hydrogen-bond donors (Lipinski definition) is 4. The van der Waals surface area contributed by atoms with E-state index in [1.165, 1.54) is 0 Å². The Labute approximate surface area is 371 Å². The predicted molar refractivity (Wildman–Crippen MR) is 234 cm³/mol. The van der Waals surface area contributed by atoms with Gasteiger partial charge in [-0.05, 0) is 110 Å². The summed E-state index contributed by atoms with van der Waals surface area (Å²) in [4.78, 5) is 42.1. The topological polar surface area (TPSA) is 183 Å². The van der Waals surface area contributed by atoms with Gasteiger partial charge in [0.05, 0.1) is 60.4 Å². The maximum absolute atomic E-state index is 14.7. The highest BCUT2D eigenvalue weighted by Crippen LogP contribution is 2.54. The molecule has 62 heavy (non-hydrogen) atoms. The first-order valence-electron chi connectivity index (χ1n) is 23.9. The van der Waals surface area contributed by atoms with Crippen molar-refractivity contribution in [3.8, 4) is 0 Å². The number of ketones is 1. The van der Waals surface area contributed by atoms with Gasteiger partial charge < -0.3 is 54.0 Å². The Morgan fingerprint density at radius 1 is 0.919 bits per heavy atom. The number of aliphatic hydroxyl groups is 2. The summed E-state index contributed by atoms with van der Waals surface area (Å²) < 4.78 is 40.1. The van der Waals surface area contributed by atoms with Gasteiger partial charge in [-0.25, -0.2) is 4.79 Å². The maximum atomic E-state index is 14.7. The van der Waals surface area contributed by atoms with Crippen LogP contribution in [-0.2, 0) is 38.0 Å². The zero-order valence-electron chi connectivity index (χ0n) is 39.9. The molecule has 5 aliphatic heterocycles. The second-order valence-electron chi connectivity index (χ2n) is 20.4. The van der Waals surface area contributed by atoms with E-state index in [1.807, 2.05) is 72.7 Å². The minimum atomic E-state index is -1.37. The van der Waals surface area contributed by atoms with Crippen LogP contribution in [0.5, 0.6) is 0 Å². The van der Waals surface area contributed by atoms with E-state index < -0.39 is 95.1 Å². The molecule has 0 aromatic rings. The van der Waals surface area contributed by atoms with Gasteiger partial charge in [0, 0.05) is 36.6 Å². The van der Waals surface area contributed by atoms with Gasteiger partial charge in [0.2, 0.25) is 0 Å². The van der Waals surface area contributed by atoms with Gasteiger partial charge >= 0.3 is 12.1 Å². The van der Waals surface area contributed by atoms with Gasteiger partial charge in [-0.15, -0.1) is 0 Å². The SMILES string of the molecule is CC[C@@H](C(=O)[C@@H](C)[C@@H](O)[C@H](C)[C@@H]1O[C@@H]([C@@H](CC)C(=O)O)CC[C@@H]1C)[C@H]1O[C@]2(C=C[C@@H](NC(=O)OCCCN(C)C)[C@]3(CC[C@@](C)([C@H]4CC[C@](O)(CC)[C@H](C)O4)O3)O2)[C@H](C)C[C@@H]1C. The molecule has 1 amide bonds. The van der Waals surface area contributed by atoms with Crippen LogP contribution < -0.4 is 5.32 Å². The molecule has 14 heteroatoms. The molecule has 0 unspecified atom stereocenters. The summed E-state index contributed by atoms with van der Waals surface area (Å²) in [6.07, 6.45) is 6.47. The molecular formula is C48H82N2O12. The Hall–Kier alpha value is -2.17. The van der Waals surface area contributed by atoms with Gasteiger partial charge in [-0.1, -0.05) is 61.5 Å². The van der Waals surface area contributed by atoms with Gasteiger partial charge in [0.25, 0.3) is 0 Å². The molecule has 0 aromatic carbocycles. The number of carboxylic acid groups (broad SMARTS) is 1. The van der Waals surface area contributed by atoms with Crippen molar-refractivity contribution in [1.82, 2.24) is 10.2 Å². The molecule has 0 aliphatic carbocycles. The van der Waals surface area contributed by atoms with Crippen molar-refractivity contribution >= 4 is 17.8 Å². The molecule has 0 aromatic heterocycles. The van der Waals surface area contributed by atoms with Crippen LogP contribution in [0.4, 0.5) is 4.79 Å². The Morgan fingerprint density at radius 3 is 2.23 bits per heavy atom. The molecule has 0 radical (unpaired) electrons. The van der Waals surface area contributed by atoms with E-state index in [1.54, 1.807) is 6.92 Å². The highest BCUT2D eigenvalue weighted by atomic mass is 16.8. The summed E-state index contributed by atoms with van der Waals surface area (Å²) in [5.41, 5.74) is -1.73. The predicted octanol–water partition coefficient (Wildman–Crippen LogP) is 6.87. The molecule has 4 N–H and O–H groups in total. The lowest BCUT2D eigenvalue weighted by Crippen LogP contribution is -2.65. The minimum Gasteiger partial charge on any atom is -0.481 e. The number of nitrogens with zero attached hydrogens (tertiary/aromatic N) is 1. The second-order valence-corrected chi connectivity index (χ2v) is 20.4. The van der Waals surface area contributed by atoms with Crippen molar-refractivity contribution in [3.63, 3.8) is 0 Å². The van der Waals surface area contributed by atoms with E-state index in [2.05, 4.69) is 26.1 Å². The van der Waals surface area contributed by atoms with Crippen molar-refractivity contribution in [2.24, 2.45) is 41.4 Å². The van der Waals surface area contributed by atoms with Gasteiger partial charge in [-0.2, -0.15) is 0 Å². The second kappa shape index (κ2) is 20.6. The number of aliphatic hydroxyl groups excluding tert-OH is 1. The molecule has 0 bridgehead atoms. The Morgan fingerprint density at radius 2 is 1.61 bits per heavy atom. The van der Waals surface area contributed by atoms with Crippen LogP contribution in [-0.4, -0.2) is 131 Å². The number of carbonyl (C=O) groups is 3. The van der Waals surface area contributed by atoms with Gasteiger partial charge in [0.1, 0.15) is 11.8 Å². The van der Waals surface area contributed by atoms with Crippen LogP contribution in [0.1, 0.15) is 140 Å². The lowest BCUT2D eigenvalue weighted by molar-refractivity contribution is -0.398. The van der Waals surface area contributed by atoms with E-state index in [0.717, 1.165) is 13.0 Å². The first-order chi connectivity index (χ1) is 29.1. The maximum Gasteiger partial charge on any atom is 0.407 e. The normalized spacial score (nSPS) is 41.1. The molecule has 5 rings (SSSR count). The Balaban J connectivity index is 1.38. The zero-order chi connectivity index (χ0) is 45.9. The van der Waals surface area contributed by atoms with Crippen molar-refractivity contribution < 1.29 is 58.1 Å². The van der Waals surface area contributed by atoms with Crippen LogP contribution >= 0.6 is 0 Å². The van der Waals surface area contributed by atoms with Gasteiger partial charge in [0.15, 0.2) is 11.6 Å². The van der Waals surface area contributed by atoms with Gasteiger partial charge in [-0.3, -0.25) is 9.59 Å². The third-order valence-electron chi connectivity index (χ3n) is 15.7. The van der Waals surface area contributed by atoms with Crippen molar-refractivity contribution in [1.29, 1.82) is 0 Å². The fourth-order valence-electron chi connectivity index (χ4n) is 11.4. The number of alkyl carbamates (subject to hydrolysis) is 1. The van der Waals surface area contributed by atoms with Crippen LogP contribution in [0.15, 0.2) is 12.2 Å². The molecular weight excluding hydrogens is 797 g/mol. The monoisotopic (exact) mass is 879 g/mol. The first-order valence-corrected chi connectivity index (χ1v) is 23.9. The number of carbonyl (C=O) groups excluding carboxylic acids is 2. The van der Waals surface area contributed by atoms with E-state index in [9.17, 15) is 29.7 Å². The molecule has 2 spiro atoms. The molecule has 5 aliphatic rings. The van der Waals surface area contributed by atoms with Crippen molar-refractivity contribution in [2.45, 2.75) is 205 Å². The largest absolute Gasteiger partial charge is 0.481 e. The number of aliphatic carboxylic acids is 1. The lowest BCUT2D eigenvalue weighted by Gasteiger charge is -2.55. The first kappa shape index (κ1) is 50.8. The number of hydrogen-bond acceptors (Lipinski definition) is 12. The van der Waals surface area contributed by atoms with E-state index in [0.29, 0.717) is 64.2 Å². The summed E-state index contributed by atoms with van der Waals surface area (Å²) in [6, 6.07) is -0.731. The zero-order valence-corrected chi connectivity index (χ0v) is 39.9. The Kier molecular flexibility index (Phi) is 16.9. The standard InChI is InChI=1S/C48H82N2O12/c1-13-34(43(53)54)36-18-17-28(4)41(59-36)32(8)39(51)31(7)40(52)35(14-2)42-29(5)27-30(6)47(60-42)22-19-37(49-44(55)57-26-16-25-50(11)12)48(62-47)24-23-45(10,61-48)38-20-21-46(56,15-3)33(9)58-38/h19,22,28-39,41-42,51,56H,13-18,20-21,23-27H2,1-12H3,(H,49,55)(H,53,54)/t28-,29-,30+,31-,32-,33-,34+,35-,36+,37+,38+,39+,41+,42-,45-,46+,47-,48-/m0/s1. The number of amides is 1. The quantitative estimate of drug-likeness (QED) is 0.0878.